The van der Waals surface area contributed by atoms with E-state index in [9.17, 15) is 0 Å². The Morgan fingerprint density at radius 1 is 0.556 bits per heavy atom. The van der Waals surface area contributed by atoms with Gasteiger partial charge in [-0.1, -0.05) is 39.3 Å². The summed E-state index contributed by atoms with van der Waals surface area (Å²) >= 11 is 0. The van der Waals surface area contributed by atoms with Crippen molar-refractivity contribution in [2.24, 2.45) is 0 Å². The van der Waals surface area contributed by atoms with E-state index in [0.717, 1.165) is 0 Å². The van der Waals surface area contributed by atoms with E-state index < -0.39 is 15.2 Å². The van der Waals surface area contributed by atoms with E-state index >= 15 is 0 Å². The zero-order valence-electron chi connectivity index (χ0n) is 7.50. The van der Waals surface area contributed by atoms with Crippen molar-refractivity contribution in [2.45, 2.75) is 39.3 Å². The first-order valence-corrected chi connectivity index (χ1v) is 11.2. The van der Waals surface area contributed by atoms with Crippen LogP contribution in [0.5, 0.6) is 0 Å². The zero-order chi connectivity index (χ0) is 7.00. The molecule has 0 unspecified atom stereocenters. The summed E-state index contributed by atoms with van der Waals surface area (Å²) in [7, 11) is -1.44. The molecular formula is C6H20Si2Te. The summed E-state index contributed by atoms with van der Waals surface area (Å²) in [5.74, 6) is 0. The van der Waals surface area contributed by atoms with Crippen molar-refractivity contribution >= 4 is 38.8 Å². The molecular weight excluding hydrogens is 256 g/mol. The van der Waals surface area contributed by atoms with Crippen LogP contribution in [-0.4, -0.2) is 38.8 Å². The third kappa shape index (κ3) is 4.60. The molecule has 0 N–H and O–H groups in total. The van der Waals surface area contributed by atoms with Crippen LogP contribution in [0, 0.1) is 0 Å². The van der Waals surface area contributed by atoms with Crippen molar-refractivity contribution < 1.29 is 0 Å². The average Bonchev–Trinajstić information content (AvgIpc) is 1.25. The SMILES string of the molecule is C[Si](C)(C)[Si](C)(C)C.[TeH2]. The molecule has 0 radical (unpaired) electrons. The van der Waals surface area contributed by atoms with Gasteiger partial charge in [0.2, 0.25) is 0 Å². The number of rotatable bonds is 1. The molecule has 0 heterocycles. The Morgan fingerprint density at radius 2 is 0.667 bits per heavy atom. The normalized spacial score (nSPS) is 12.7. The standard InChI is InChI=1S/C6H18Si2.H2Te/c1-7(2,3)8(4,5)6;/h1-6H3;1H2. The van der Waals surface area contributed by atoms with Crippen LogP contribution in [0.25, 0.3) is 0 Å². The molecule has 0 aliphatic heterocycles. The zero-order valence-corrected chi connectivity index (χ0v) is 12.4. The first-order valence-electron chi connectivity index (χ1n) is 3.25. The van der Waals surface area contributed by atoms with Gasteiger partial charge >= 0.3 is 23.7 Å². The van der Waals surface area contributed by atoms with E-state index in [-0.39, 0.29) is 23.7 Å². The van der Waals surface area contributed by atoms with Crippen LogP contribution < -0.4 is 0 Å². The monoisotopic (exact) mass is 278 g/mol. The molecule has 58 valence electrons. The van der Waals surface area contributed by atoms with Gasteiger partial charge in [-0.25, -0.2) is 0 Å². The van der Waals surface area contributed by atoms with Gasteiger partial charge in [0.1, 0.15) is 0 Å². The Bertz CT molecular complexity index is 66.0. The summed E-state index contributed by atoms with van der Waals surface area (Å²) < 4.78 is 0. The van der Waals surface area contributed by atoms with Crippen LogP contribution in [0.4, 0.5) is 0 Å². The van der Waals surface area contributed by atoms with Gasteiger partial charge in [-0.15, -0.1) is 0 Å². The van der Waals surface area contributed by atoms with Crippen LogP contribution in [0.3, 0.4) is 0 Å². The molecule has 0 aromatic rings. The molecule has 0 aliphatic rings. The van der Waals surface area contributed by atoms with Gasteiger partial charge in [-0.3, -0.25) is 0 Å². The molecule has 0 spiro atoms. The van der Waals surface area contributed by atoms with Gasteiger partial charge in [0.05, 0.1) is 0 Å². The summed E-state index contributed by atoms with van der Waals surface area (Å²) in [6, 6.07) is 0. The van der Waals surface area contributed by atoms with E-state index in [4.69, 9.17) is 0 Å². The molecule has 0 fully saturated rings. The van der Waals surface area contributed by atoms with Crippen LogP contribution in [0.1, 0.15) is 0 Å². The molecule has 0 saturated carbocycles. The van der Waals surface area contributed by atoms with Gasteiger partial charge in [0.15, 0.2) is 0 Å². The molecule has 0 bridgehead atoms. The predicted octanol–water partition coefficient (Wildman–Crippen LogP) is 1.83. The Balaban J connectivity index is 0. The molecule has 0 aliphatic carbocycles. The van der Waals surface area contributed by atoms with Crippen molar-refractivity contribution in [1.29, 1.82) is 0 Å². The first kappa shape index (κ1) is 12.9. The third-order valence-corrected chi connectivity index (χ3v) is 20.2. The van der Waals surface area contributed by atoms with Crippen molar-refractivity contribution in [3.05, 3.63) is 0 Å². The van der Waals surface area contributed by atoms with Crippen molar-refractivity contribution in [3.8, 4) is 0 Å². The summed E-state index contributed by atoms with van der Waals surface area (Å²) in [6.07, 6.45) is 0. The Kier molecular flexibility index (Phi) is 5.10. The van der Waals surface area contributed by atoms with Crippen molar-refractivity contribution in [3.63, 3.8) is 0 Å². The molecule has 0 rings (SSSR count). The van der Waals surface area contributed by atoms with Crippen LogP contribution in [0.15, 0.2) is 0 Å². The van der Waals surface area contributed by atoms with Gasteiger partial charge < -0.3 is 0 Å². The van der Waals surface area contributed by atoms with Crippen molar-refractivity contribution in [2.75, 3.05) is 0 Å². The summed E-state index contributed by atoms with van der Waals surface area (Å²) in [5.41, 5.74) is 0. The molecule has 0 amide bonds. The molecule has 0 atom stereocenters. The fourth-order valence-electron chi connectivity index (χ4n) is 0. The molecule has 0 aromatic heterocycles. The second-order valence-electron chi connectivity index (χ2n) is 4.50. The molecule has 0 saturated heterocycles. The Hall–Kier alpha value is 1.22. The second-order valence-corrected chi connectivity index (χ2v) is 22.5. The summed E-state index contributed by atoms with van der Waals surface area (Å²) in [5, 5.41) is 0. The molecule has 3 heteroatoms. The van der Waals surface area contributed by atoms with Crippen LogP contribution in [0.2, 0.25) is 39.3 Å². The first-order chi connectivity index (χ1) is 3.25. The summed E-state index contributed by atoms with van der Waals surface area (Å²) in [6.45, 7) is 14.8. The molecule has 0 aromatic carbocycles. The van der Waals surface area contributed by atoms with Gasteiger partial charge in [-0.05, 0) is 0 Å². The summed E-state index contributed by atoms with van der Waals surface area (Å²) in [4.78, 5) is 0. The van der Waals surface area contributed by atoms with Crippen LogP contribution in [-0.2, 0) is 0 Å². The van der Waals surface area contributed by atoms with Crippen molar-refractivity contribution in [1.82, 2.24) is 0 Å². The minimum absolute atomic E-state index is 0. The maximum atomic E-state index is 2.47. The quantitative estimate of drug-likeness (QED) is 0.641. The number of hydrogen-bond acceptors (Lipinski definition) is 0. The van der Waals surface area contributed by atoms with E-state index in [0.29, 0.717) is 0 Å². The maximum absolute atomic E-state index is 2.47. The van der Waals surface area contributed by atoms with Gasteiger partial charge in [0, 0.05) is 15.2 Å². The van der Waals surface area contributed by atoms with E-state index in [1.165, 1.54) is 0 Å². The molecule has 0 nitrogen and oxygen atoms in total. The predicted molar refractivity (Wildman–Crippen MR) is 55.2 cm³/mol. The Labute approximate surface area is 78.0 Å². The topological polar surface area (TPSA) is 0 Å². The average molecular weight is 276 g/mol. The van der Waals surface area contributed by atoms with Gasteiger partial charge in [0.25, 0.3) is 0 Å². The van der Waals surface area contributed by atoms with E-state index in [2.05, 4.69) is 39.3 Å². The number of hydrogen-bond donors (Lipinski definition) is 0. The fraction of sp³-hybridized carbons (Fsp3) is 1.00. The van der Waals surface area contributed by atoms with E-state index in [1.807, 2.05) is 0 Å². The second kappa shape index (κ2) is 3.57. The van der Waals surface area contributed by atoms with E-state index in [1.54, 1.807) is 0 Å². The van der Waals surface area contributed by atoms with Crippen LogP contribution >= 0.6 is 0 Å². The molecule has 9 heavy (non-hydrogen) atoms. The third-order valence-electron chi connectivity index (χ3n) is 2.25. The fourth-order valence-corrected chi connectivity index (χ4v) is 0. The minimum atomic E-state index is -0.720. The van der Waals surface area contributed by atoms with Gasteiger partial charge in [-0.2, -0.15) is 0 Å². The Morgan fingerprint density at radius 3 is 0.667 bits per heavy atom.